The summed E-state index contributed by atoms with van der Waals surface area (Å²) in [6.45, 7) is 4.27. The number of nitriles is 1. The standard InChI is InChI=1S/C26H25Cl2N5O/c1-3-5-6-9-17(4-2)33-24(32-26(34)18-13-12-16(27)14-20(18)28)19(15-29)23-25(33)31-22-11-8-7-10-21(22)30-23/h7-8,10-14,17H,3-6,9H2,1-2H3,(H,32,34)/t17-/m1/s1. The summed E-state index contributed by atoms with van der Waals surface area (Å²) in [7, 11) is 0. The molecule has 8 heteroatoms. The Balaban J connectivity index is 1.91. The second-order valence-corrected chi connectivity index (χ2v) is 9.07. The van der Waals surface area contributed by atoms with Gasteiger partial charge in [0.05, 0.1) is 21.6 Å². The van der Waals surface area contributed by atoms with Crippen LogP contribution in [-0.4, -0.2) is 20.4 Å². The summed E-state index contributed by atoms with van der Waals surface area (Å²) in [6, 6.07) is 14.6. The molecule has 4 aromatic rings. The van der Waals surface area contributed by atoms with Gasteiger partial charge in [0.1, 0.15) is 23.0 Å². The highest BCUT2D eigenvalue weighted by atomic mass is 35.5. The molecule has 0 unspecified atom stereocenters. The lowest BCUT2D eigenvalue weighted by Gasteiger charge is -2.21. The van der Waals surface area contributed by atoms with Gasteiger partial charge in [-0.1, -0.05) is 68.4 Å². The van der Waals surface area contributed by atoms with Gasteiger partial charge in [-0.15, -0.1) is 0 Å². The van der Waals surface area contributed by atoms with E-state index in [9.17, 15) is 10.1 Å². The average molecular weight is 494 g/mol. The first-order valence-corrected chi connectivity index (χ1v) is 12.2. The largest absolute Gasteiger partial charge is 0.307 e. The summed E-state index contributed by atoms with van der Waals surface area (Å²) in [5, 5.41) is 13.7. The number of unbranched alkanes of at least 4 members (excludes halogenated alkanes) is 2. The van der Waals surface area contributed by atoms with E-state index in [0.29, 0.717) is 33.1 Å². The fraction of sp³-hybridized carbons (Fsp3) is 0.308. The van der Waals surface area contributed by atoms with Crippen molar-refractivity contribution in [2.24, 2.45) is 0 Å². The van der Waals surface area contributed by atoms with Crippen LogP contribution in [0.3, 0.4) is 0 Å². The van der Waals surface area contributed by atoms with Crippen LogP contribution in [-0.2, 0) is 0 Å². The van der Waals surface area contributed by atoms with E-state index in [0.717, 1.165) is 37.6 Å². The highest BCUT2D eigenvalue weighted by Crippen LogP contribution is 2.36. The first-order chi connectivity index (χ1) is 16.5. The van der Waals surface area contributed by atoms with E-state index in [2.05, 4.69) is 25.2 Å². The Kier molecular flexibility index (Phi) is 7.35. The number of amides is 1. The monoisotopic (exact) mass is 493 g/mol. The second-order valence-electron chi connectivity index (χ2n) is 8.23. The van der Waals surface area contributed by atoms with E-state index in [1.807, 2.05) is 28.8 Å². The second kappa shape index (κ2) is 10.4. The summed E-state index contributed by atoms with van der Waals surface area (Å²) < 4.78 is 1.98. The predicted octanol–water partition coefficient (Wildman–Crippen LogP) is 7.55. The van der Waals surface area contributed by atoms with Crippen molar-refractivity contribution in [2.45, 2.75) is 52.0 Å². The average Bonchev–Trinajstić information content (AvgIpc) is 3.12. The Labute approximate surface area is 208 Å². The van der Waals surface area contributed by atoms with Crippen molar-refractivity contribution >= 4 is 57.1 Å². The van der Waals surface area contributed by atoms with E-state index in [1.165, 1.54) is 6.07 Å². The molecule has 0 radical (unpaired) electrons. The number of para-hydroxylation sites is 2. The maximum absolute atomic E-state index is 13.2. The zero-order valence-electron chi connectivity index (χ0n) is 19.1. The van der Waals surface area contributed by atoms with Gasteiger partial charge in [0.25, 0.3) is 5.91 Å². The maximum atomic E-state index is 13.2. The summed E-state index contributed by atoms with van der Waals surface area (Å²) in [4.78, 5) is 22.9. The molecule has 0 spiro atoms. The molecular formula is C26H25Cl2N5O. The van der Waals surface area contributed by atoms with E-state index in [4.69, 9.17) is 33.2 Å². The molecule has 0 fully saturated rings. The van der Waals surface area contributed by atoms with Crippen LogP contribution in [0.4, 0.5) is 5.82 Å². The highest BCUT2D eigenvalue weighted by molar-refractivity contribution is 6.37. The van der Waals surface area contributed by atoms with Crippen LogP contribution in [0.25, 0.3) is 22.2 Å². The molecule has 0 bridgehead atoms. The summed E-state index contributed by atoms with van der Waals surface area (Å²) in [6.07, 6.45) is 4.97. The van der Waals surface area contributed by atoms with Gasteiger partial charge in [0.2, 0.25) is 0 Å². The fourth-order valence-electron chi connectivity index (χ4n) is 4.24. The van der Waals surface area contributed by atoms with Crippen molar-refractivity contribution in [1.29, 1.82) is 5.26 Å². The normalized spacial score (nSPS) is 12.1. The van der Waals surface area contributed by atoms with Crippen molar-refractivity contribution in [3.05, 3.63) is 63.6 Å². The van der Waals surface area contributed by atoms with Crippen molar-refractivity contribution in [3.8, 4) is 6.07 Å². The molecule has 4 rings (SSSR count). The quantitative estimate of drug-likeness (QED) is 0.256. The molecule has 1 atom stereocenters. The lowest BCUT2D eigenvalue weighted by molar-refractivity contribution is 0.102. The molecule has 0 aliphatic heterocycles. The van der Waals surface area contributed by atoms with Crippen LogP contribution < -0.4 is 5.32 Å². The summed E-state index contributed by atoms with van der Waals surface area (Å²) in [5.41, 5.74) is 3.07. The molecule has 2 aromatic heterocycles. The maximum Gasteiger partial charge on any atom is 0.258 e. The number of nitrogens with zero attached hydrogens (tertiary/aromatic N) is 4. The number of anilines is 1. The number of hydrogen-bond acceptors (Lipinski definition) is 4. The van der Waals surface area contributed by atoms with Gasteiger partial charge in [-0.2, -0.15) is 5.26 Å². The number of carbonyl (C=O) groups is 1. The van der Waals surface area contributed by atoms with Crippen molar-refractivity contribution in [1.82, 2.24) is 14.5 Å². The molecule has 0 aliphatic carbocycles. The topological polar surface area (TPSA) is 83.6 Å². The molecule has 1 amide bonds. The molecule has 34 heavy (non-hydrogen) atoms. The molecular weight excluding hydrogens is 469 g/mol. The molecule has 1 N–H and O–H groups in total. The van der Waals surface area contributed by atoms with E-state index in [1.54, 1.807) is 12.1 Å². The Morgan fingerprint density at radius 1 is 1.12 bits per heavy atom. The van der Waals surface area contributed by atoms with E-state index < -0.39 is 5.91 Å². The van der Waals surface area contributed by atoms with Crippen LogP contribution >= 0.6 is 23.2 Å². The molecule has 0 saturated heterocycles. The molecule has 2 heterocycles. The van der Waals surface area contributed by atoms with Crippen LogP contribution in [0.1, 0.15) is 67.9 Å². The van der Waals surface area contributed by atoms with Crippen LogP contribution in [0, 0.1) is 11.3 Å². The predicted molar refractivity (Wildman–Crippen MR) is 138 cm³/mol. The van der Waals surface area contributed by atoms with Gasteiger partial charge >= 0.3 is 0 Å². The number of benzene rings is 2. The zero-order chi connectivity index (χ0) is 24.2. The van der Waals surface area contributed by atoms with Gasteiger partial charge in [-0.25, -0.2) is 9.97 Å². The molecule has 0 aliphatic rings. The molecule has 6 nitrogen and oxygen atoms in total. The minimum absolute atomic E-state index is 0.0441. The first-order valence-electron chi connectivity index (χ1n) is 11.5. The SMILES string of the molecule is CCCCC[C@@H](CC)n1c(NC(=O)c2ccc(Cl)cc2Cl)c(C#N)c2nc3ccccc3nc21. The van der Waals surface area contributed by atoms with Crippen LogP contribution in [0.15, 0.2) is 42.5 Å². The number of nitrogens with one attached hydrogen (secondary N) is 1. The number of hydrogen-bond donors (Lipinski definition) is 1. The van der Waals surface area contributed by atoms with E-state index in [-0.39, 0.29) is 16.6 Å². The third-order valence-corrected chi connectivity index (χ3v) is 6.54. The zero-order valence-corrected chi connectivity index (χ0v) is 20.6. The number of carbonyl (C=O) groups excluding carboxylic acids is 1. The molecule has 2 aromatic carbocycles. The van der Waals surface area contributed by atoms with Crippen LogP contribution in [0.5, 0.6) is 0 Å². The van der Waals surface area contributed by atoms with Crippen LogP contribution in [0.2, 0.25) is 10.0 Å². The summed E-state index contributed by atoms with van der Waals surface area (Å²) >= 11 is 12.3. The highest BCUT2D eigenvalue weighted by Gasteiger charge is 2.26. The molecule has 174 valence electrons. The number of rotatable bonds is 8. The Morgan fingerprint density at radius 3 is 2.50 bits per heavy atom. The number of halogens is 2. The third kappa shape index (κ3) is 4.59. The van der Waals surface area contributed by atoms with Gasteiger partial charge in [0.15, 0.2) is 5.65 Å². The first kappa shape index (κ1) is 24.0. The van der Waals surface area contributed by atoms with Gasteiger partial charge in [0, 0.05) is 11.1 Å². The van der Waals surface area contributed by atoms with Crippen molar-refractivity contribution in [3.63, 3.8) is 0 Å². The summed E-state index contributed by atoms with van der Waals surface area (Å²) in [5.74, 6) is -0.0256. The van der Waals surface area contributed by atoms with E-state index >= 15 is 0 Å². The minimum Gasteiger partial charge on any atom is -0.307 e. The minimum atomic E-state index is -0.421. The smallest absolute Gasteiger partial charge is 0.258 e. The third-order valence-electron chi connectivity index (χ3n) is 5.99. The fourth-order valence-corrected chi connectivity index (χ4v) is 4.74. The van der Waals surface area contributed by atoms with Gasteiger partial charge < -0.3 is 9.88 Å². The lowest BCUT2D eigenvalue weighted by atomic mass is 10.1. The van der Waals surface area contributed by atoms with Gasteiger partial charge in [-0.05, 0) is 43.2 Å². The Bertz CT molecular complexity index is 1410. The van der Waals surface area contributed by atoms with Crippen molar-refractivity contribution in [2.75, 3.05) is 5.32 Å². The number of aromatic nitrogens is 3. The Hall–Kier alpha value is -3.14. The lowest BCUT2D eigenvalue weighted by Crippen LogP contribution is -2.19. The Morgan fingerprint density at radius 2 is 1.85 bits per heavy atom. The number of fused-ring (bicyclic) bond motifs is 2. The van der Waals surface area contributed by atoms with Gasteiger partial charge in [-0.3, -0.25) is 4.79 Å². The molecule has 0 saturated carbocycles. The van der Waals surface area contributed by atoms with Crippen molar-refractivity contribution < 1.29 is 4.79 Å².